The lowest BCUT2D eigenvalue weighted by Crippen LogP contribution is -2.41. The molecule has 1 amide bonds. The fourth-order valence-corrected chi connectivity index (χ4v) is 2.27. The Bertz CT molecular complexity index is 689. The molecule has 0 saturated carbocycles. The average Bonchev–Trinajstić information content (AvgIpc) is 2.79. The number of carbonyl (C=O) groups is 1. The normalized spacial score (nSPS) is 11.5. The molecule has 0 atom stereocenters. The zero-order valence-corrected chi connectivity index (χ0v) is 13.3. The van der Waals surface area contributed by atoms with Gasteiger partial charge in [-0.2, -0.15) is 0 Å². The summed E-state index contributed by atoms with van der Waals surface area (Å²) < 4.78 is 2.96. The summed E-state index contributed by atoms with van der Waals surface area (Å²) in [5, 5.41) is 7.16. The van der Waals surface area contributed by atoms with Crippen molar-refractivity contribution in [3.63, 3.8) is 0 Å². The molecular formula is C15H23N5O2. The number of hydrogen-bond acceptors (Lipinski definition) is 4. The summed E-state index contributed by atoms with van der Waals surface area (Å²) in [5.74, 6) is -0.000742. The Morgan fingerprint density at radius 2 is 2.18 bits per heavy atom. The number of pyridine rings is 1. The molecular weight excluding hydrogens is 282 g/mol. The second kappa shape index (κ2) is 7.22. The Morgan fingerprint density at radius 1 is 1.41 bits per heavy atom. The molecule has 120 valence electrons. The number of fused-ring (bicyclic) bond motifs is 1. The Balaban J connectivity index is 1.99. The molecule has 0 spiro atoms. The van der Waals surface area contributed by atoms with Crippen LogP contribution in [0.4, 0.5) is 0 Å². The molecule has 0 fully saturated rings. The van der Waals surface area contributed by atoms with E-state index in [-0.39, 0.29) is 17.6 Å². The van der Waals surface area contributed by atoms with E-state index in [1.54, 1.807) is 18.3 Å². The lowest BCUT2D eigenvalue weighted by molar-refractivity contribution is -0.122. The molecule has 0 radical (unpaired) electrons. The van der Waals surface area contributed by atoms with E-state index >= 15 is 0 Å². The molecule has 22 heavy (non-hydrogen) atoms. The van der Waals surface area contributed by atoms with Crippen LogP contribution >= 0.6 is 0 Å². The number of rotatable bonds is 7. The van der Waals surface area contributed by atoms with E-state index in [1.165, 1.54) is 9.08 Å². The summed E-state index contributed by atoms with van der Waals surface area (Å²) in [4.78, 5) is 26.0. The van der Waals surface area contributed by atoms with Crippen LogP contribution in [0.25, 0.3) is 5.65 Å². The highest BCUT2D eigenvalue weighted by molar-refractivity contribution is 5.78. The minimum Gasteiger partial charge on any atom is -0.353 e. The molecule has 0 bridgehead atoms. The second-order valence-corrected chi connectivity index (χ2v) is 5.53. The predicted octanol–water partition coefficient (Wildman–Crippen LogP) is 0.343. The van der Waals surface area contributed by atoms with Crippen LogP contribution < -0.4 is 11.0 Å². The maximum atomic E-state index is 12.2. The van der Waals surface area contributed by atoms with Crippen molar-refractivity contribution in [2.24, 2.45) is 0 Å². The molecule has 0 aliphatic rings. The van der Waals surface area contributed by atoms with Crippen molar-refractivity contribution in [2.75, 3.05) is 19.6 Å². The third-order valence-corrected chi connectivity index (χ3v) is 3.38. The zero-order valence-electron chi connectivity index (χ0n) is 13.3. The maximum Gasteiger partial charge on any atom is 0.350 e. The van der Waals surface area contributed by atoms with Gasteiger partial charge < -0.3 is 5.32 Å². The van der Waals surface area contributed by atoms with Gasteiger partial charge in [-0.3, -0.25) is 14.1 Å². The van der Waals surface area contributed by atoms with Crippen molar-refractivity contribution in [1.82, 2.24) is 24.4 Å². The number of hydrogen-bond donors (Lipinski definition) is 1. The minimum absolute atomic E-state index is 0.000742. The fraction of sp³-hybridized carbons (Fsp3) is 0.533. The van der Waals surface area contributed by atoms with Gasteiger partial charge >= 0.3 is 5.69 Å². The van der Waals surface area contributed by atoms with Crippen molar-refractivity contribution >= 4 is 11.6 Å². The molecule has 0 unspecified atom stereocenters. The van der Waals surface area contributed by atoms with Crippen molar-refractivity contribution in [3.05, 3.63) is 34.9 Å². The first kappa shape index (κ1) is 16.2. The highest BCUT2D eigenvalue weighted by atomic mass is 16.2. The number of nitrogens with zero attached hydrogens (tertiary/aromatic N) is 4. The van der Waals surface area contributed by atoms with Gasteiger partial charge in [0, 0.05) is 18.8 Å². The van der Waals surface area contributed by atoms with Crippen LogP contribution in [-0.4, -0.2) is 50.7 Å². The van der Waals surface area contributed by atoms with Gasteiger partial charge in [-0.15, -0.1) is 5.10 Å². The Morgan fingerprint density at radius 3 is 2.82 bits per heavy atom. The Labute approximate surface area is 129 Å². The number of aromatic nitrogens is 3. The zero-order chi connectivity index (χ0) is 16.1. The molecule has 0 aliphatic carbocycles. The lowest BCUT2D eigenvalue weighted by Gasteiger charge is -2.20. The standard InChI is InChI=1S/C15H23N5O2/c1-4-18(11-14(21)16-12(2)3)9-10-20-15(22)19-8-6-5-7-13(19)17-20/h5-8,12H,4,9-11H2,1-3H3,(H,16,21). The first-order valence-electron chi connectivity index (χ1n) is 7.57. The summed E-state index contributed by atoms with van der Waals surface area (Å²) in [5.41, 5.74) is 0.478. The summed E-state index contributed by atoms with van der Waals surface area (Å²) >= 11 is 0. The minimum atomic E-state index is -0.154. The predicted molar refractivity (Wildman–Crippen MR) is 84.8 cm³/mol. The van der Waals surface area contributed by atoms with Crippen LogP contribution in [0.3, 0.4) is 0 Å². The fourth-order valence-electron chi connectivity index (χ4n) is 2.27. The molecule has 2 heterocycles. The van der Waals surface area contributed by atoms with Crippen LogP contribution in [0.15, 0.2) is 29.2 Å². The van der Waals surface area contributed by atoms with Crippen LogP contribution in [0.1, 0.15) is 20.8 Å². The number of nitrogens with one attached hydrogen (secondary N) is 1. The average molecular weight is 305 g/mol. The molecule has 2 aromatic rings. The number of amides is 1. The van der Waals surface area contributed by atoms with E-state index in [2.05, 4.69) is 10.4 Å². The van der Waals surface area contributed by atoms with Gasteiger partial charge in [0.15, 0.2) is 5.65 Å². The van der Waals surface area contributed by atoms with Gasteiger partial charge in [-0.05, 0) is 32.5 Å². The van der Waals surface area contributed by atoms with E-state index in [0.717, 1.165) is 6.54 Å². The van der Waals surface area contributed by atoms with Crippen molar-refractivity contribution < 1.29 is 4.79 Å². The van der Waals surface area contributed by atoms with Gasteiger partial charge in [-0.1, -0.05) is 13.0 Å². The molecule has 7 nitrogen and oxygen atoms in total. The molecule has 0 aromatic carbocycles. The molecule has 0 aliphatic heterocycles. The SMILES string of the molecule is CCN(CCn1nc2ccccn2c1=O)CC(=O)NC(C)C. The smallest absolute Gasteiger partial charge is 0.350 e. The second-order valence-electron chi connectivity index (χ2n) is 5.53. The Kier molecular flexibility index (Phi) is 5.32. The quantitative estimate of drug-likeness (QED) is 0.801. The third-order valence-electron chi connectivity index (χ3n) is 3.38. The van der Waals surface area contributed by atoms with Crippen molar-refractivity contribution in [2.45, 2.75) is 33.4 Å². The Hall–Kier alpha value is -2.15. The molecule has 2 rings (SSSR count). The molecule has 1 N–H and O–H groups in total. The largest absolute Gasteiger partial charge is 0.353 e. The van der Waals surface area contributed by atoms with E-state index in [4.69, 9.17) is 0 Å². The lowest BCUT2D eigenvalue weighted by atomic mass is 10.3. The van der Waals surface area contributed by atoms with Crippen LogP contribution in [0.5, 0.6) is 0 Å². The van der Waals surface area contributed by atoms with Crippen molar-refractivity contribution in [3.8, 4) is 0 Å². The van der Waals surface area contributed by atoms with E-state index in [9.17, 15) is 9.59 Å². The van der Waals surface area contributed by atoms with Crippen LogP contribution in [0.2, 0.25) is 0 Å². The van der Waals surface area contributed by atoms with Gasteiger partial charge in [-0.25, -0.2) is 9.48 Å². The van der Waals surface area contributed by atoms with E-state index in [1.807, 2.05) is 31.7 Å². The summed E-state index contributed by atoms with van der Waals surface area (Å²) in [7, 11) is 0. The molecule has 7 heteroatoms. The topological polar surface area (TPSA) is 71.6 Å². The molecule has 2 aromatic heterocycles. The highest BCUT2D eigenvalue weighted by Crippen LogP contribution is 1.96. The van der Waals surface area contributed by atoms with Gasteiger partial charge in [0.25, 0.3) is 0 Å². The van der Waals surface area contributed by atoms with E-state index < -0.39 is 0 Å². The van der Waals surface area contributed by atoms with Crippen LogP contribution in [0, 0.1) is 0 Å². The highest BCUT2D eigenvalue weighted by Gasteiger charge is 2.12. The summed E-state index contributed by atoms with van der Waals surface area (Å²) in [6.07, 6.45) is 1.70. The monoisotopic (exact) mass is 305 g/mol. The summed E-state index contributed by atoms with van der Waals surface area (Å²) in [6.45, 7) is 8.00. The van der Waals surface area contributed by atoms with Crippen LogP contribution in [-0.2, 0) is 11.3 Å². The van der Waals surface area contributed by atoms with Crippen molar-refractivity contribution in [1.29, 1.82) is 0 Å². The van der Waals surface area contributed by atoms with Gasteiger partial charge in [0.1, 0.15) is 0 Å². The third kappa shape index (κ3) is 3.94. The molecule has 0 saturated heterocycles. The number of carbonyl (C=O) groups excluding carboxylic acids is 1. The summed E-state index contributed by atoms with van der Waals surface area (Å²) in [6, 6.07) is 5.58. The number of likely N-dealkylation sites (N-methyl/N-ethyl adjacent to an activating group) is 1. The van der Waals surface area contributed by atoms with Gasteiger partial charge in [0.2, 0.25) is 5.91 Å². The first-order valence-corrected chi connectivity index (χ1v) is 7.57. The first-order chi connectivity index (χ1) is 10.5. The maximum absolute atomic E-state index is 12.2. The van der Waals surface area contributed by atoms with Gasteiger partial charge in [0.05, 0.1) is 13.1 Å². The van der Waals surface area contributed by atoms with E-state index in [0.29, 0.717) is 25.3 Å².